The molecule has 4 nitrogen and oxygen atoms in total. The minimum atomic E-state index is 0.595. The van der Waals surface area contributed by atoms with Crippen LogP contribution in [0.25, 0.3) is 10.8 Å². The van der Waals surface area contributed by atoms with Crippen LogP contribution in [-0.2, 0) is 13.5 Å². The quantitative estimate of drug-likeness (QED) is 0.790. The molecule has 0 spiro atoms. The number of hydrogen-bond donors (Lipinski definition) is 1. The molecule has 0 unspecified atom stereocenters. The first-order valence-corrected chi connectivity index (χ1v) is 6.67. The van der Waals surface area contributed by atoms with Gasteiger partial charge in [0.05, 0.1) is 5.69 Å². The molecule has 102 valence electrons. The van der Waals surface area contributed by atoms with Crippen molar-refractivity contribution >= 4 is 16.5 Å². The topological polar surface area (TPSA) is 53.1 Å². The Kier molecular flexibility index (Phi) is 3.06. The van der Waals surface area contributed by atoms with E-state index in [1.807, 2.05) is 44.3 Å². The Balaban J connectivity index is 1.99. The molecular weight excluding hydrogens is 250 g/mol. The summed E-state index contributed by atoms with van der Waals surface area (Å²) in [6.45, 7) is 2.03. The zero-order valence-corrected chi connectivity index (χ0v) is 11.6. The summed E-state index contributed by atoms with van der Waals surface area (Å²) in [6.07, 6.45) is 0.792. The zero-order valence-electron chi connectivity index (χ0n) is 11.6. The van der Waals surface area contributed by atoms with Crippen molar-refractivity contribution < 1.29 is 4.74 Å². The highest BCUT2D eigenvalue weighted by Gasteiger charge is 2.14. The van der Waals surface area contributed by atoms with Crippen LogP contribution in [0.1, 0.15) is 12.6 Å². The van der Waals surface area contributed by atoms with Gasteiger partial charge in [0.2, 0.25) is 5.88 Å². The third-order valence-corrected chi connectivity index (χ3v) is 3.38. The smallest absolute Gasteiger partial charge is 0.241 e. The summed E-state index contributed by atoms with van der Waals surface area (Å²) >= 11 is 0. The van der Waals surface area contributed by atoms with Crippen LogP contribution < -0.4 is 10.5 Å². The van der Waals surface area contributed by atoms with Crippen molar-refractivity contribution in [1.29, 1.82) is 0 Å². The van der Waals surface area contributed by atoms with Crippen molar-refractivity contribution in [2.75, 3.05) is 5.73 Å². The molecule has 3 aromatic rings. The van der Waals surface area contributed by atoms with Crippen molar-refractivity contribution in [1.82, 2.24) is 9.78 Å². The van der Waals surface area contributed by atoms with E-state index in [0.717, 1.165) is 23.3 Å². The van der Waals surface area contributed by atoms with Crippen molar-refractivity contribution in [3.05, 3.63) is 48.2 Å². The molecule has 0 fully saturated rings. The molecule has 1 heterocycles. The van der Waals surface area contributed by atoms with E-state index in [4.69, 9.17) is 10.5 Å². The maximum Gasteiger partial charge on any atom is 0.241 e. The Labute approximate surface area is 117 Å². The first kappa shape index (κ1) is 12.5. The second-order valence-electron chi connectivity index (χ2n) is 4.75. The zero-order chi connectivity index (χ0) is 14.1. The fourth-order valence-electron chi connectivity index (χ4n) is 2.30. The van der Waals surface area contributed by atoms with Crippen LogP contribution >= 0.6 is 0 Å². The molecule has 3 rings (SSSR count). The largest absolute Gasteiger partial charge is 0.437 e. The maximum atomic E-state index is 6.07. The number of nitrogens with zero attached hydrogens (tertiary/aromatic N) is 2. The first-order valence-electron chi connectivity index (χ1n) is 6.67. The number of hydrogen-bond acceptors (Lipinski definition) is 3. The van der Waals surface area contributed by atoms with E-state index in [2.05, 4.69) is 17.2 Å². The molecule has 0 aliphatic heterocycles. The summed E-state index contributed by atoms with van der Waals surface area (Å²) in [4.78, 5) is 0. The number of nitrogens with two attached hydrogens (primary N) is 1. The van der Waals surface area contributed by atoms with Crippen molar-refractivity contribution in [3.63, 3.8) is 0 Å². The fourth-order valence-corrected chi connectivity index (χ4v) is 2.30. The fraction of sp³-hybridized carbons (Fsp3) is 0.188. The van der Waals surface area contributed by atoms with Gasteiger partial charge in [0.15, 0.2) is 0 Å². The molecule has 2 aromatic carbocycles. The Morgan fingerprint density at radius 3 is 2.60 bits per heavy atom. The van der Waals surface area contributed by atoms with Crippen LogP contribution in [0.3, 0.4) is 0 Å². The highest BCUT2D eigenvalue weighted by Crippen LogP contribution is 2.31. The SMILES string of the molecule is CCc1nn(C)c(Oc2ccc3ccccc3c2)c1N. The summed E-state index contributed by atoms with van der Waals surface area (Å²) in [5.74, 6) is 1.36. The average Bonchev–Trinajstić information content (AvgIpc) is 2.74. The number of benzene rings is 2. The Morgan fingerprint density at radius 2 is 1.90 bits per heavy atom. The summed E-state index contributed by atoms with van der Waals surface area (Å²) in [7, 11) is 1.84. The summed E-state index contributed by atoms with van der Waals surface area (Å²) in [5, 5.41) is 6.68. The van der Waals surface area contributed by atoms with Gasteiger partial charge in [-0.2, -0.15) is 5.10 Å². The van der Waals surface area contributed by atoms with Crippen molar-refractivity contribution in [2.45, 2.75) is 13.3 Å². The monoisotopic (exact) mass is 267 g/mol. The molecule has 2 N–H and O–H groups in total. The van der Waals surface area contributed by atoms with Crippen molar-refractivity contribution in [3.8, 4) is 11.6 Å². The van der Waals surface area contributed by atoms with E-state index in [-0.39, 0.29) is 0 Å². The van der Waals surface area contributed by atoms with Gasteiger partial charge in [-0.05, 0) is 29.3 Å². The lowest BCUT2D eigenvalue weighted by molar-refractivity contribution is 0.433. The van der Waals surface area contributed by atoms with Gasteiger partial charge >= 0.3 is 0 Å². The number of rotatable bonds is 3. The molecule has 0 radical (unpaired) electrons. The summed E-state index contributed by atoms with van der Waals surface area (Å²) < 4.78 is 7.59. The highest BCUT2D eigenvalue weighted by atomic mass is 16.5. The van der Waals surface area contributed by atoms with Crippen LogP contribution in [0.15, 0.2) is 42.5 Å². The highest BCUT2D eigenvalue weighted by molar-refractivity contribution is 5.83. The van der Waals surface area contributed by atoms with Crippen LogP contribution in [0.5, 0.6) is 11.6 Å². The van der Waals surface area contributed by atoms with E-state index < -0.39 is 0 Å². The Hall–Kier alpha value is -2.49. The summed E-state index contributed by atoms with van der Waals surface area (Å²) in [6, 6.07) is 14.2. The predicted octanol–water partition coefficient (Wildman–Crippen LogP) is 3.51. The first-order chi connectivity index (χ1) is 9.69. The molecule has 0 amide bonds. The molecule has 20 heavy (non-hydrogen) atoms. The molecule has 4 heteroatoms. The molecule has 0 atom stereocenters. The average molecular weight is 267 g/mol. The molecule has 0 saturated heterocycles. The maximum absolute atomic E-state index is 6.07. The minimum absolute atomic E-state index is 0.595. The van der Waals surface area contributed by atoms with Crippen LogP contribution in [0.4, 0.5) is 5.69 Å². The van der Waals surface area contributed by atoms with E-state index in [0.29, 0.717) is 11.6 Å². The minimum Gasteiger partial charge on any atom is -0.437 e. The second-order valence-corrected chi connectivity index (χ2v) is 4.75. The number of ether oxygens (including phenoxy) is 1. The number of anilines is 1. The van der Waals surface area contributed by atoms with Gasteiger partial charge in [0.25, 0.3) is 0 Å². The number of aryl methyl sites for hydroxylation is 2. The molecule has 0 aliphatic carbocycles. The lowest BCUT2D eigenvalue weighted by atomic mass is 10.1. The third-order valence-electron chi connectivity index (χ3n) is 3.38. The van der Waals surface area contributed by atoms with Crippen LogP contribution in [0.2, 0.25) is 0 Å². The molecule has 0 saturated carbocycles. The molecule has 0 aliphatic rings. The lowest BCUT2D eigenvalue weighted by Gasteiger charge is -2.07. The van der Waals surface area contributed by atoms with E-state index in [9.17, 15) is 0 Å². The van der Waals surface area contributed by atoms with E-state index in [1.54, 1.807) is 4.68 Å². The van der Waals surface area contributed by atoms with Gasteiger partial charge in [0.1, 0.15) is 11.4 Å². The second kappa shape index (κ2) is 4.89. The van der Waals surface area contributed by atoms with Gasteiger partial charge in [-0.3, -0.25) is 0 Å². The standard InChI is InChI=1S/C16H17N3O/c1-3-14-15(17)16(19(2)18-14)20-13-9-8-11-6-4-5-7-12(11)10-13/h4-10H,3,17H2,1-2H3. The predicted molar refractivity (Wildman–Crippen MR) is 81.0 cm³/mol. The summed E-state index contributed by atoms with van der Waals surface area (Å²) in [5.41, 5.74) is 7.55. The molecular formula is C16H17N3O. The Morgan fingerprint density at radius 1 is 1.15 bits per heavy atom. The van der Waals surface area contributed by atoms with E-state index in [1.165, 1.54) is 5.39 Å². The van der Waals surface area contributed by atoms with Gasteiger partial charge in [-0.25, -0.2) is 4.68 Å². The number of aromatic nitrogens is 2. The van der Waals surface area contributed by atoms with Gasteiger partial charge < -0.3 is 10.5 Å². The third kappa shape index (κ3) is 2.09. The van der Waals surface area contributed by atoms with Crippen molar-refractivity contribution in [2.24, 2.45) is 7.05 Å². The normalized spacial score (nSPS) is 10.9. The van der Waals surface area contributed by atoms with Gasteiger partial charge in [0, 0.05) is 7.05 Å². The number of fused-ring (bicyclic) bond motifs is 1. The van der Waals surface area contributed by atoms with Gasteiger partial charge in [-0.15, -0.1) is 0 Å². The molecule has 1 aromatic heterocycles. The Bertz CT molecular complexity index is 762. The molecule has 0 bridgehead atoms. The van der Waals surface area contributed by atoms with Crippen LogP contribution in [-0.4, -0.2) is 9.78 Å². The van der Waals surface area contributed by atoms with E-state index >= 15 is 0 Å². The number of nitrogen functional groups attached to an aromatic ring is 1. The van der Waals surface area contributed by atoms with Gasteiger partial charge in [-0.1, -0.05) is 37.3 Å². The van der Waals surface area contributed by atoms with Crippen LogP contribution in [0, 0.1) is 0 Å². The lowest BCUT2D eigenvalue weighted by Crippen LogP contribution is -1.97.